The number of methoxy groups -OCH3 is 2. The fourth-order valence-electron chi connectivity index (χ4n) is 3.90. The van der Waals surface area contributed by atoms with Gasteiger partial charge in [0.1, 0.15) is 29.2 Å². The number of hydrogen-bond donors (Lipinski definition) is 2. The summed E-state index contributed by atoms with van der Waals surface area (Å²) in [6.45, 7) is 1.12. The van der Waals surface area contributed by atoms with Gasteiger partial charge in [0.25, 0.3) is 10.0 Å². The molecule has 1 aliphatic heterocycles. The van der Waals surface area contributed by atoms with Crippen LogP contribution in [0.5, 0.6) is 17.2 Å². The van der Waals surface area contributed by atoms with Crippen LogP contribution in [0.2, 0.25) is 0 Å². The Kier molecular flexibility index (Phi) is 6.48. The van der Waals surface area contributed by atoms with E-state index in [1.54, 1.807) is 41.3 Å². The molecule has 4 aromatic rings. The first kappa shape index (κ1) is 24.2. The molecule has 37 heavy (non-hydrogen) atoms. The standard InChI is InChI=1S/C23H23N5O8S/c1-32-16-5-3-4-6-18(16)37(30,31)27-22-19-17(36-26-22)9-15(20-21(19)35-8-7-34-20)13-28-12-14(11-25-28)10-24-23(29)33-2/h3-6,9,11-12H,7-8,10,13H2,1-2H3,(H,24,29)(H,26,27). The van der Waals surface area contributed by atoms with Gasteiger partial charge in [0.2, 0.25) is 0 Å². The lowest BCUT2D eigenvalue weighted by molar-refractivity contribution is 0.170. The summed E-state index contributed by atoms with van der Waals surface area (Å²) in [5.74, 6) is 0.901. The number of alkyl carbamates (subject to hydrolysis) is 1. The molecule has 0 atom stereocenters. The average Bonchev–Trinajstić information content (AvgIpc) is 3.53. The van der Waals surface area contributed by atoms with Crippen molar-refractivity contribution in [1.29, 1.82) is 0 Å². The number of sulfonamides is 1. The molecule has 1 amide bonds. The van der Waals surface area contributed by atoms with Crippen molar-refractivity contribution in [2.45, 2.75) is 18.0 Å². The van der Waals surface area contributed by atoms with E-state index in [1.165, 1.54) is 20.3 Å². The second-order valence-electron chi connectivity index (χ2n) is 7.94. The molecule has 5 rings (SSSR count). The van der Waals surface area contributed by atoms with Crippen LogP contribution in [-0.4, -0.2) is 56.9 Å². The lowest BCUT2D eigenvalue weighted by Gasteiger charge is -2.22. The molecule has 0 spiro atoms. The number of para-hydroxylation sites is 1. The Morgan fingerprint density at radius 1 is 1.16 bits per heavy atom. The summed E-state index contributed by atoms with van der Waals surface area (Å²) in [5.41, 5.74) is 1.76. The number of hydrogen-bond acceptors (Lipinski definition) is 10. The van der Waals surface area contributed by atoms with Crippen LogP contribution in [0.25, 0.3) is 11.0 Å². The zero-order chi connectivity index (χ0) is 26.0. The molecule has 194 valence electrons. The largest absolute Gasteiger partial charge is 0.495 e. The maximum atomic E-state index is 13.1. The number of nitrogens with one attached hydrogen (secondary N) is 2. The minimum atomic E-state index is -4.06. The van der Waals surface area contributed by atoms with E-state index in [2.05, 4.69) is 25.0 Å². The van der Waals surface area contributed by atoms with E-state index in [-0.39, 0.29) is 29.6 Å². The third-order valence-corrected chi connectivity index (χ3v) is 6.93. The topological polar surface area (TPSA) is 156 Å². The molecule has 0 bridgehead atoms. The summed E-state index contributed by atoms with van der Waals surface area (Å²) >= 11 is 0. The van der Waals surface area contributed by atoms with Crippen molar-refractivity contribution in [3.8, 4) is 17.2 Å². The number of carbonyl (C=O) groups is 1. The minimum Gasteiger partial charge on any atom is -0.495 e. The normalized spacial score (nSPS) is 12.8. The second kappa shape index (κ2) is 9.89. The van der Waals surface area contributed by atoms with Gasteiger partial charge in [-0.3, -0.25) is 9.40 Å². The molecule has 0 aliphatic carbocycles. The molecule has 1 aliphatic rings. The zero-order valence-electron chi connectivity index (χ0n) is 19.9. The van der Waals surface area contributed by atoms with Gasteiger partial charge in [0, 0.05) is 23.9 Å². The number of benzene rings is 2. The lowest BCUT2D eigenvalue weighted by atomic mass is 10.1. The molecular weight excluding hydrogens is 506 g/mol. The highest BCUT2D eigenvalue weighted by atomic mass is 32.2. The van der Waals surface area contributed by atoms with E-state index in [9.17, 15) is 13.2 Å². The van der Waals surface area contributed by atoms with Crippen LogP contribution in [0, 0.1) is 0 Å². The molecule has 0 saturated heterocycles. The van der Waals surface area contributed by atoms with Gasteiger partial charge >= 0.3 is 6.09 Å². The Morgan fingerprint density at radius 2 is 1.95 bits per heavy atom. The van der Waals surface area contributed by atoms with E-state index in [0.717, 1.165) is 5.56 Å². The Bertz CT molecular complexity index is 1560. The highest BCUT2D eigenvalue weighted by molar-refractivity contribution is 7.92. The number of ether oxygens (including phenoxy) is 4. The van der Waals surface area contributed by atoms with Crippen molar-refractivity contribution in [3.05, 3.63) is 53.9 Å². The number of fused-ring (bicyclic) bond motifs is 3. The molecule has 2 N–H and O–H groups in total. The SMILES string of the molecule is COC(=O)NCc1cnn(Cc2cc3onc(NS(=O)(=O)c4ccccc4OC)c3c3c2OCCO3)c1. The van der Waals surface area contributed by atoms with Gasteiger partial charge in [-0.1, -0.05) is 17.3 Å². The minimum absolute atomic E-state index is 0.0375. The Balaban J connectivity index is 1.47. The Morgan fingerprint density at radius 3 is 2.73 bits per heavy atom. The highest BCUT2D eigenvalue weighted by Gasteiger charge is 2.28. The number of anilines is 1. The van der Waals surface area contributed by atoms with Crippen LogP contribution in [0.4, 0.5) is 10.6 Å². The van der Waals surface area contributed by atoms with Crippen LogP contribution < -0.4 is 24.2 Å². The molecule has 2 aromatic carbocycles. The predicted octanol–water partition coefficient (Wildman–Crippen LogP) is 2.51. The summed E-state index contributed by atoms with van der Waals surface area (Å²) in [4.78, 5) is 11.3. The fourth-order valence-corrected chi connectivity index (χ4v) is 5.08. The van der Waals surface area contributed by atoms with E-state index in [0.29, 0.717) is 41.2 Å². The highest BCUT2D eigenvalue weighted by Crippen LogP contribution is 2.45. The molecule has 3 heterocycles. The Hall–Kier alpha value is -4.46. The number of amides is 1. The molecule has 14 heteroatoms. The van der Waals surface area contributed by atoms with E-state index in [4.69, 9.17) is 18.7 Å². The maximum absolute atomic E-state index is 13.1. The zero-order valence-corrected chi connectivity index (χ0v) is 20.7. The molecule has 0 radical (unpaired) electrons. The first-order valence-electron chi connectivity index (χ1n) is 11.1. The number of aromatic nitrogens is 3. The number of carbonyl (C=O) groups excluding carboxylic acids is 1. The quantitative estimate of drug-likeness (QED) is 0.348. The molecule has 2 aromatic heterocycles. The van der Waals surface area contributed by atoms with Gasteiger partial charge in [-0.25, -0.2) is 13.2 Å². The monoisotopic (exact) mass is 529 g/mol. The molecule has 0 fully saturated rings. The van der Waals surface area contributed by atoms with Crippen LogP contribution >= 0.6 is 0 Å². The maximum Gasteiger partial charge on any atom is 0.407 e. The van der Waals surface area contributed by atoms with Crippen LogP contribution in [0.3, 0.4) is 0 Å². The van der Waals surface area contributed by atoms with E-state index < -0.39 is 16.1 Å². The first-order chi connectivity index (χ1) is 17.9. The van der Waals surface area contributed by atoms with Crippen molar-refractivity contribution in [3.63, 3.8) is 0 Å². The van der Waals surface area contributed by atoms with Gasteiger partial charge in [0.15, 0.2) is 22.9 Å². The van der Waals surface area contributed by atoms with Crippen LogP contribution in [0.15, 0.2) is 52.1 Å². The molecule has 0 unspecified atom stereocenters. The van der Waals surface area contributed by atoms with Gasteiger partial charge < -0.3 is 28.8 Å². The molecule has 13 nitrogen and oxygen atoms in total. The average molecular weight is 530 g/mol. The lowest BCUT2D eigenvalue weighted by Crippen LogP contribution is -2.22. The van der Waals surface area contributed by atoms with Crippen molar-refractivity contribution < 1.29 is 36.7 Å². The van der Waals surface area contributed by atoms with Crippen molar-refractivity contribution in [1.82, 2.24) is 20.3 Å². The third-order valence-electron chi connectivity index (χ3n) is 5.56. The van der Waals surface area contributed by atoms with E-state index in [1.807, 2.05) is 0 Å². The summed E-state index contributed by atoms with van der Waals surface area (Å²) in [6, 6.07) is 7.94. The number of nitrogens with zero attached hydrogens (tertiary/aromatic N) is 3. The summed E-state index contributed by atoms with van der Waals surface area (Å²) < 4.78 is 57.4. The van der Waals surface area contributed by atoms with Crippen LogP contribution in [-0.2, 0) is 27.8 Å². The van der Waals surface area contributed by atoms with Crippen molar-refractivity contribution in [2.75, 3.05) is 32.2 Å². The third kappa shape index (κ3) is 4.82. The second-order valence-corrected chi connectivity index (χ2v) is 9.59. The smallest absolute Gasteiger partial charge is 0.407 e. The Labute approximate surface area is 211 Å². The molecular formula is C23H23N5O8S. The summed E-state index contributed by atoms with van der Waals surface area (Å²) in [5, 5.41) is 11.2. The summed E-state index contributed by atoms with van der Waals surface area (Å²) in [7, 11) is -1.38. The van der Waals surface area contributed by atoms with Crippen molar-refractivity contribution >= 4 is 32.9 Å². The predicted molar refractivity (Wildman–Crippen MR) is 129 cm³/mol. The fraction of sp³-hybridized carbons (Fsp3) is 0.261. The molecule has 0 saturated carbocycles. The van der Waals surface area contributed by atoms with Crippen molar-refractivity contribution in [2.24, 2.45) is 0 Å². The van der Waals surface area contributed by atoms with Gasteiger partial charge in [0.05, 0.1) is 27.0 Å². The van der Waals surface area contributed by atoms with Crippen LogP contribution in [0.1, 0.15) is 11.1 Å². The summed E-state index contributed by atoms with van der Waals surface area (Å²) in [6.07, 6.45) is 2.85. The van der Waals surface area contributed by atoms with Gasteiger partial charge in [-0.15, -0.1) is 0 Å². The number of rotatable bonds is 8. The van der Waals surface area contributed by atoms with Gasteiger partial charge in [-0.05, 0) is 18.2 Å². The van der Waals surface area contributed by atoms with Gasteiger partial charge in [-0.2, -0.15) is 5.10 Å². The van der Waals surface area contributed by atoms with E-state index >= 15 is 0 Å². The first-order valence-corrected chi connectivity index (χ1v) is 12.6.